The van der Waals surface area contributed by atoms with Crippen LogP contribution in [0.25, 0.3) is 10.2 Å². The van der Waals surface area contributed by atoms with Crippen LogP contribution in [0.4, 0.5) is 10.6 Å². The van der Waals surface area contributed by atoms with E-state index in [1.807, 2.05) is 9.80 Å². The molecule has 3 fully saturated rings. The van der Waals surface area contributed by atoms with Gasteiger partial charge in [0.25, 0.3) is 0 Å². The van der Waals surface area contributed by atoms with Crippen LogP contribution in [0.2, 0.25) is 0 Å². The predicted molar refractivity (Wildman–Crippen MR) is 125 cm³/mol. The highest BCUT2D eigenvalue weighted by atomic mass is 32.1. The SMILES string of the molecule is Cc1sc2nc(CN3CCOCC3)nc(N3CCN(C(=O)N4CCOCC4)CC3)c2c1C. The van der Waals surface area contributed by atoms with E-state index in [1.54, 1.807) is 11.3 Å². The minimum Gasteiger partial charge on any atom is -0.379 e. The molecule has 2 aromatic rings. The van der Waals surface area contributed by atoms with Crippen molar-refractivity contribution in [2.24, 2.45) is 0 Å². The van der Waals surface area contributed by atoms with E-state index in [9.17, 15) is 4.79 Å². The van der Waals surface area contributed by atoms with Crippen LogP contribution in [0, 0.1) is 13.8 Å². The van der Waals surface area contributed by atoms with E-state index in [2.05, 4.69) is 23.6 Å². The Labute approximate surface area is 192 Å². The van der Waals surface area contributed by atoms with Gasteiger partial charge in [-0.2, -0.15) is 0 Å². The second-order valence-electron chi connectivity index (χ2n) is 8.67. The lowest BCUT2D eigenvalue weighted by atomic mass is 10.2. The highest BCUT2D eigenvalue weighted by Gasteiger charge is 2.28. The minimum atomic E-state index is 0.136. The van der Waals surface area contributed by atoms with Gasteiger partial charge in [-0.25, -0.2) is 14.8 Å². The van der Waals surface area contributed by atoms with E-state index in [0.717, 1.165) is 62.4 Å². The molecule has 0 atom stereocenters. The fourth-order valence-corrected chi connectivity index (χ4v) is 5.64. The highest BCUT2D eigenvalue weighted by Crippen LogP contribution is 2.35. The molecule has 2 aromatic heterocycles. The second kappa shape index (κ2) is 9.46. The van der Waals surface area contributed by atoms with Gasteiger partial charge in [-0.05, 0) is 19.4 Å². The molecule has 174 valence electrons. The quantitative estimate of drug-likeness (QED) is 0.690. The number of hydrogen-bond acceptors (Lipinski definition) is 8. The van der Waals surface area contributed by atoms with Gasteiger partial charge in [0, 0.05) is 57.2 Å². The molecule has 3 aliphatic rings. The maximum absolute atomic E-state index is 12.9. The standard InChI is InChI=1S/C22H32N6O3S/c1-16-17(2)32-21-19(16)20(23-18(24-21)15-25-7-11-30-12-8-25)26-3-5-27(6-4-26)22(29)28-9-13-31-14-10-28/h3-15H2,1-2H3. The van der Waals surface area contributed by atoms with Crippen LogP contribution in [0.5, 0.6) is 0 Å². The Hall–Kier alpha value is -2.01. The van der Waals surface area contributed by atoms with Crippen LogP contribution >= 0.6 is 11.3 Å². The summed E-state index contributed by atoms with van der Waals surface area (Å²) in [5, 5.41) is 1.17. The molecule has 5 rings (SSSR count). The largest absolute Gasteiger partial charge is 0.379 e. The number of carbonyl (C=O) groups is 1. The van der Waals surface area contributed by atoms with Crippen LogP contribution in [-0.2, 0) is 16.0 Å². The van der Waals surface area contributed by atoms with Gasteiger partial charge in [-0.3, -0.25) is 4.90 Å². The van der Waals surface area contributed by atoms with Crippen LogP contribution in [0.3, 0.4) is 0 Å². The van der Waals surface area contributed by atoms with E-state index < -0.39 is 0 Å². The molecule has 0 saturated carbocycles. The maximum Gasteiger partial charge on any atom is 0.320 e. The molecule has 0 aliphatic carbocycles. The third kappa shape index (κ3) is 4.41. The van der Waals surface area contributed by atoms with Crippen molar-refractivity contribution in [3.05, 3.63) is 16.3 Å². The van der Waals surface area contributed by atoms with Crippen molar-refractivity contribution in [1.29, 1.82) is 0 Å². The monoisotopic (exact) mass is 460 g/mol. The molecule has 0 radical (unpaired) electrons. The third-order valence-corrected chi connectivity index (χ3v) is 7.76. The second-order valence-corrected chi connectivity index (χ2v) is 9.87. The molecule has 0 bridgehead atoms. The molecule has 0 unspecified atom stereocenters. The summed E-state index contributed by atoms with van der Waals surface area (Å²) in [6.45, 7) is 14.1. The Morgan fingerprint density at radius 2 is 1.50 bits per heavy atom. The van der Waals surface area contributed by atoms with Crippen molar-refractivity contribution in [3.8, 4) is 0 Å². The molecule has 9 nitrogen and oxygen atoms in total. The third-order valence-electron chi connectivity index (χ3n) is 6.66. The van der Waals surface area contributed by atoms with Crippen molar-refractivity contribution in [1.82, 2.24) is 24.7 Å². The smallest absolute Gasteiger partial charge is 0.320 e. The number of anilines is 1. The van der Waals surface area contributed by atoms with Gasteiger partial charge in [0.2, 0.25) is 0 Å². The summed E-state index contributed by atoms with van der Waals surface area (Å²) in [6.07, 6.45) is 0. The number of thiophene rings is 1. The van der Waals surface area contributed by atoms with Gasteiger partial charge >= 0.3 is 6.03 Å². The average molecular weight is 461 g/mol. The molecule has 2 amide bonds. The first-order valence-electron chi connectivity index (χ1n) is 11.5. The van der Waals surface area contributed by atoms with E-state index in [4.69, 9.17) is 19.4 Å². The van der Waals surface area contributed by atoms with Crippen molar-refractivity contribution < 1.29 is 14.3 Å². The number of nitrogens with zero attached hydrogens (tertiary/aromatic N) is 6. The molecule has 0 aromatic carbocycles. The van der Waals surface area contributed by atoms with E-state index in [1.165, 1.54) is 15.8 Å². The normalized spacial score (nSPS) is 20.9. The summed E-state index contributed by atoms with van der Waals surface area (Å²) >= 11 is 1.75. The summed E-state index contributed by atoms with van der Waals surface area (Å²) in [5.74, 6) is 1.90. The fourth-order valence-electron chi connectivity index (χ4n) is 4.59. The molecule has 0 N–H and O–H groups in total. The molecule has 32 heavy (non-hydrogen) atoms. The number of fused-ring (bicyclic) bond motifs is 1. The van der Waals surface area contributed by atoms with E-state index in [-0.39, 0.29) is 6.03 Å². The lowest BCUT2D eigenvalue weighted by Gasteiger charge is -2.39. The molecule has 10 heteroatoms. The lowest BCUT2D eigenvalue weighted by Crippen LogP contribution is -2.55. The number of rotatable bonds is 3. The van der Waals surface area contributed by atoms with Crippen molar-refractivity contribution in [2.75, 3.05) is 83.7 Å². The first kappa shape index (κ1) is 21.8. The minimum absolute atomic E-state index is 0.136. The Kier molecular flexibility index (Phi) is 6.45. The Bertz CT molecular complexity index is 962. The predicted octanol–water partition coefficient (Wildman–Crippen LogP) is 1.71. The Morgan fingerprint density at radius 3 is 2.19 bits per heavy atom. The number of ether oxygens (including phenoxy) is 2. The van der Waals surface area contributed by atoms with Crippen LogP contribution < -0.4 is 4.90 Å². The number of piperazine rings is 1. The zero-order valence-electron chi connectivity index (χ0n) is 19.0. The van der Waals surface area contributed by atoms with Gasteiger partial charge in [0.05, 0.1) is 38.4 Å². The molecule has 3 aliphatic heterocycles. The number of carbonyl (C=O) groups excluding carboxylic acids is 1. The van der Waals surface area contributed by atoms with Crippen LogP contribution in [0.1, 0.15) is 16.3 Å². The van der Waals surface area contributed by atoms with Crippen molar-refractivity contribution >= 4 is 33.4 Å². The molecular weight excluding hydrogens is 428 g/mol. The highest BCUT2D eigenvalue weighted by molar-refractivity contribution is 7.18. The average Bonchev–Trinajstić information content (AvgIpc) is 3.12. The van der Waals surface area contributed by atoms with Crippen molar-refractivity contribution in [2.45, 2.75) is 20.4 Å². The van der Waals surface area contributed by atoms with Crippen LogP contribution in [-0.4, -0.2) is 109 Å². The number of hydrogen-bond donors (Lipinski definition) is 0. The molecule has 3 saturated heterocycles. The summed E-state index contributed by atoms with van der Waals surface area (Å²) in [7, 11) is 0. The number of morpholine rings is 2. The summed E-state index contributed by atoms with van der Waals surface area (Å²) in [5.41, 5.74) is 1.27. The zero-order chi connectivity index (χ0) is 22.1. The van der Waals surface area contributed by atoms with E-state index in [0.29, 0.717) is 39.4 Å². The van der Waals surface area contributed by atoms with Gasteiger partial charge in [0.15, 0.2) is 0 Å². The fraction of sp³-hybridized carbons (Fsp3) is 0.682. The summed E-state index contributed by atoms with van der Waals surface area (Å²) in [6, 6.07) is 0.136. The number of amides is 2. The Balaban J connectivity index is 1.35. The van der Waals surface area contributed by atoms with Crippen molar-refractivity contribution in [3.63, 3.8) is 0 Å². The van der Waals surface area contributed by atoms with Gasteiger partial charge < -0.3 is 24.2 Å². The first-order valence-corrected chi connectivity index (χ1v) is 12.3. The lowest BCUT2D eigenvalue weighted by molar-refractivity contribution is 0.0331. The topological polar surface area (TPSA) is 74.3 Å². The van der Waals surface area contributed by atoms with Gasteiger partial charge in [-0.1, -0.05) is 0 Å². The molecule has 5 heterocycles. The first-order chi connectivity index (χ1) is 15.6. The van der Waals surface area contributed by atoms with Gasteiger partial charge in [0.1, 0.15) is 16.5 Å². The zero-order valence-corrected chi connectivity index (χ0v) is 19.8. The number of urea groups is 1. The number of aromatic nitrogens is 2. The molecule has 0 spiro atoms. The maximum atomic E-state index is 12.9. The number of aryl methyl sites for hydroxylation is 2. The van der Waals surface area contributed by atoms with Crippen LogP contribution in [0.15, 0.2) is 0 Å². The summed E-state index contributed by atoms with van der Waals surface area (Å²) < 4.78 is 10.9. The molecular formula is C22H32N6O3S. The van der Waals surface area contributed by atoms with Gasteiger partial charge in [-0.15, -0.1) is 11.3 Å². The Morgan fingerprint density at radius 1 is 0.875 bits per heavy atom. The summed E-state index contributed by atoms with van der Waals surface area (Å²) in [4.78, 5) is 33.8. The van der Waals surface area contributed by atoms with E-state index >= 15 is 0 Å².